The van der Waals surface area contributed by atoms with Gasteiger partial charge >= 0.3 is 0 Å². The van der Waals surface area contributed by atoms with Gasteiger partial charge in [0.2, 0.25) is 0 Å². The summed E-state index contributed by atoms with van der Waals surface area (Å²) < 4.78 is 11.5. The average molecular weight is 347 g/mol. The van der Waals surface area contributed by atoms with Crippen molar-refractivity contribution < 1.29 is 14.6 Å². The SMILES string of the molecule is O[C@@H]1CO[C@@H](c2ccccc2)OC1C=NCc1cccc2ccccc12. The van der Waals surface area contributed by atoms with Gasteiger partial charge in [0.25, 0.3) is 0 Å². The number of nitrogens with zero attached hydrogens (tertiary/aromatic N) is 1. The van der Waals surface area contributed by atoms with E-state index in [-0.39, 0.29) is 6.61 Å². The molecule has 0 aromatic heterocycles. The second-order valence-corrected chi connectivity index (χ2v) is 6.37. The normalized spacial score (nSPS) is 23.5. The molecule has 0 amide bonds. The summed E-state index contributed by atoms with van der Waals surface area (Å²) in [5.74, 6) is 0. The Morgan fingerprint density at radius 2 is 1.73 bits per heavy atom. The summed E-state index contributed by atoms with van der Waals surface area (Å²) in [6.07, 6.45) is 0.0222. The third kappa shape index (κ3) is 3.68. The van der Waals surface area contributed by atoms with Crippen LogP contribution in [0.1, 0.15) is 17.4 Å². The lowest BCUT2D eigenvalue weighted by atomic mass is 10.0. The molecule has 0 aliphatic carbocycles. The number of aliphatic hydroxyl groups is 1. The van der Waals surface area contributed by atoms with E-state index >= 15 is 0 Å². The van der Waals surface area contributed by atoms with Crippen molar-refractivity contribution in [2.45, 2.75) is 25.0 Å². The minimum absolute atomic E-state index is 0.227. The lowest BCUT2D eigenvalue weighted by Gasteiger charge is -2.32. The van der Waals surface area contributed by atoms with Crippen LogP contribution in [0, 0.1) is 0 Å². The van der Waals surface area contributed by atoms with Crippen molar-refractivity contribution in [3.63, 3.8) is 0 Å². The molecule has 1 saturated heterocycles. The molecule has 3 aromatic carbocycles. The highest BCUT2D eigenvalue weighted by Crippen LogP contribution is 2.26. The first-order chi connectivity index (χ1) is 12.8. The van der Waals surface area contributed by atoms with Crippen molar-refractivity contribution in [3.05, 3.63) is 83.9 Å². The second kappa shape index (κ2) is 7.79. The standard InChI is InChI=1S/C22H21NO3/c24-20-15-25-22(17-8-2-1-3-9-17)26-21(20)14-23-13-18-11-6-10-16-7-4-5-12-19(16)18/h1-12,14,20-22,24H,13,15H2/t20-,21?,22-/m1/s1. The van der Waals surface area contributed by atoms with Gasteiger partial charge in [-0.25, -0.2) is 0 Å². The van der Waals surface area contributed by atoms with Crippen LogP contribution in [0.2, 0.25) is 0 Å². The van der Waals surface area contributed by atoms with E-state index in [2.05, 4.69) is 29.3 Å². The molecule has 0 saturated carbocycles. The van der Waals surface area contributed by atoms with Crippen LogP contribution in [0.5, 0.6) is 0 Å². The summed E-state index contributed by atoms with van der Waals surface area (Å²) in [7, 11) is 0. The van der Waals surface area contributed by atoms with E-state index in [9.17, 15) is 5.11 Å². The van der Waals surface area contributed by atoms with Gasteiger partial charge in [-0.15, -0.1) is 0 Å². The van der Waals surface area contributed by atoms with E-state index in [0.717, 1.165) is 11.1 Å². The van der Waals surface area contributed by atoms with E-state index < -0.39 is 18.5 Å². The van der Waals surface area contributed by atoms with E-state index in [4.69, 9.17) is 9.47 Å². The number of benzene rings is 3. The largest absolute Gasteiger partial charge is 0.388 e. The highest BCUT2D eigenvalue weighted by atomic mass is 16.7. The fraction of sp³-hybridized carbons (Fsp3) is 0.227. The molecule has 1 fully saturated rings. The minimum atomic E-state index is -0.716. The number of hydrogen-bond donors (Lipinski definition) is 1. The molecule has 26 heavy (non-hydrogen) atoms. The van der Waals surface area contributed by atoms with E-state index in [0.29, 0.717) is 6.54 Å². The molecule has 4 rings (SSSR count). The van der Waals surface area contributed by atoms with Crippen LogP contribution in [0.15, 0.2) is 77.8 Å². The summed E-state index contributed by atoms with van der Waals surface area (Å²) in [6.45, 7) is 0.773. The van der Waals surface area contributed by atoms with Crippen LogP contribution in [-0.2, 0) is 16.0 Å². The maximum Gasteiger partial charge on any atom is 0.184 e. The highest BCUT2D eigenvalue weighted by molar-refractivity contribution is 5.85. The molecule has 1 heterocycles. The maximum absolute atomic E-state index is 10.2. The third-order valence-electron chi connectivity index (χ3n) is 4.54. The first-order valence-electron chi connectivity index (χ1n) is 8.78. The van der Waals surface area contributed by atoms with Crippen LogP contribution in [0.4, 0.5) is 0 Å². The summed E-state index contributed by atoms with van der Waals surface area (Å²) in [4.78, 5) is 4.53. The zero-order valence-electron chi connectivity index (χ0n) is 14.4. The Morgan fingerprint density at radius 3 is 2.62 bits per heavy atom. The van der Waals surface area contributed by atoms with Gasteiger partial charge in [-0.05, 0) is 16.3 Å². The number of ether oxygens (including phenoxy) is 2. The number of fused-ring (bicyclic) bond motifs is 1. The minimum Gasteiger partial charge on any atom is -0.388 e. The van der Waals surface area contributed by atoms with Crippen LogP contribution in [-0.4, -0.2) is 30.1 Å². The Morgan fingerprint density at radius 1 is 0.962 bits per heavy atom. The Kier molecular flexibility index (Phi) is 5.07. The van der Waals surface area contributed by atoms with Crippen molar-refractivity contribution >= 4 is 17.0 Å². The van der Waals surface area contributed by atoms with E-state index in [1.165, 1.54) is 10.8 Å². The van der Waals surface area contributed by atoms with Crippen molar-refractivity contribution in [3.8, 4) is 0 Å². The number of rotatable bonds is 4. The molecule has 0 bridgehead atoms. The van der Waals surface area contributed by atoms with Crippen molar-refractivity contribution in [1.82, 2.24) is 0 Å². The van der Waals surface area contributed by atoms with Gasteiger partial charge in [-0.1, -0.05) is 72.8 Å². The Labute approximate surface area is 152 Å². The van der Waals surface area contributed by atoms with Gasteiger partial charge in [-0.2, -0.15) is 0 Å². The molecule has 4 nitrogen and oxygen atoms in total. The lowest BCUT2D eigenvalue weighted by Crippen LogP contribution is -2.41. The molecular formula is C22H21NO3. The van der Waals surface area contributed by atoms with Gasteiger partial charge in [-0.3, -0.25) is 4.99 Å². The Hall–Kier alpha value is -2.53. The molecule has 3 atom stereocenters. The first-order valence-corrected chi connectivity index (χ1v) is 8.78. The van der Waals surface area contributed by atoms with Gasteiger partial charge < -0.3 is 14.6 Å². The van der Waals surface area contributed by atoms with Crippen LogP contribution >= 0.6 is 0 Å². The number of aliphatic imine (C=N–C) groups is 1. The van der Waals surface area contributed by atoms with Gasteiger partial charge in [0.15, 0.2) is 6.29 Å². The zero-order valence-corrected chi connectivity index (χ0v) is 14.4. The predicted molar refractivity (Wildman–Crippen MR) is 102 cm³/mol. The smallest absolute Gasteiger partial charge is 0.184 e. The molecule has 1 aliphatic heterocycles. The summed E-state index contributed by atoms with van der Waals surface area (Å²) in [5.41, 5.74) is 2.09. The summed E-state index contributed by atoms with van der Waals surface area (Å²) in [5, 5.41) is 12.6. The third-order valence-corrected chi connectivity index (χ3v) is 4.54. The fourth-order valence-corrected chi connectivity index (χ4v) is 3.16. The number of aliphatic hydroxyl groups excluding tert-OH is 1. The summed E-state index contributed by atoms with van der Waals surface area (Å²) >= 11 is 0. The van der Waals surface area contributed by atoms with Crippen molar-refractivity contribution in [1.29, 1.82) is 0 Å². The molecule has 3 aromatic rings. The Bertz CT molecular complexity index is 889. The van der Waals surface area contributed by atoms with Crippen LogP contribution in [0.3, 0.4) is 0 Å². The van der Waals surface area contributed by atoms with Crippen molar-refractivity contribution in [2.75, 3.05) is 6.61 Å². The molecular weight excluding hydrogens is 326 g/mol. The quantitative estimate of drug-likeness (QED) is 0.729. The molecule has 0 spiro atoms. The van der Waals surface area contributed by atoms with Crippen molar-refractivity contribution in [2.24, 2.45) is 4.99 Å². The van der Waals surface area contributed by atoms with E-state index in [1.807, 2.05) is 48.5 Å². The topological polar surface area (TPSA) is 51.0 Å². The molecule has 1 N–H and O–H groups in total. The summed E-state index contributed by atoms with van der Waals surface area (Å²) in [6, 6.07) is 24.2. The van der Waals surface area contributed by atoms with Crippen LogP contribution in [0.25, 0.3) is 10.8 Å². The molecule has 0 radical (unpaired) electrons. The average Bonchev–Trinajstić information content (AvgIpc) is 2.70. The molecule has 4 heteroatoms. The Balaban J connectivity index is 1.47. The predicted octanol–water partition coefficient (Wildman–Crippen LogP) is 3.89. The zero-order chi connectivity index (χ0) is 17.8. The maximum atomic E-state index is 10.2. The second-order valence-electron chi connectivity index (χ2n) is 6.37. The van der Waals surface area contributed by atoms with Gasteiger partial charge in [0, 0.05) is 11.8 Å². The van der Waals surface area contributed by atoms with E-state index in [1.54, 1.807) is 6.21 Å². The van der Waals surface area contributed by atoms with Crippen LogP contribution < -0.4 is 0 Å². The molecule has 1 unspecified atom stereocenters. The number of hydrogen-bond acceptors (Lipinski definition) is 4. The first kappa shape index (κ1) is 16.9. The highest BCUT2D eigenvalue weighted by Gasteiger charge is 2.30. The fourth-order valence-electron chi connectivity index (χ4n) is 3.16. The monoisotopic (exact) mass is 347 g/mol. The molecule has 1 aliphatic rings. The molecule has 132 valence electrons. The van der Waals surface area contributed by atoms with Gasteiger partial charge in [0.05, 0.1) is 13.2 Å². The van der Waals surface area contributed by atoms with Gasteiger partial charge in [0.1, 0.15) is 12.2 Å². The lowest BCUT2D eigenvalue weighted by molar-refractivity contribution is -0.237.